The Labute approximate surface area is 132 Å². The maximum atomic E-state index is 12.0. The zero-order valence-electron chi connectivity index (χ0n) is 13.7. The van der Waals surface area contributed by atoms with Crippen molar-refractivity contribution in [1.82, 2.24) is 4.90 Å². The molecule has 0 N–H and O–H groups in total. The van der Waals surface area contributed by atoms with E-state index in [2.05, 4.69) is 0 Å². The monoisotopic (exact) mass is 307 g/mol. The van der Waals surface area contributed by atoms with Crippen LogP contribution >= 0.6 is 0 Å². The number of carbonyl (C=O) groups is 2. The van der Waals surface area contributed by atoms with Gasteiger partial charge in [0.2, 0.25) is 0 Å². The quantitative estimate of drug-likeness (QED) is 0.803. The molecule has 2 rings (SSSR count). The lowest BCUT2D eigenvalue weighted by molar-refractivity contribution is -0.145. The summed E-state index contributed by atoms with van der Waals surface area (Å²) < 4.78 is 10.4. The summed E-state index contributed by atoms with van der Waals surface area (Å²) >= 11 is 0. The molecule has 122 valence electrons. The number of likely N-dealkylation sites (tertiary alicyclic amines) is 1. The van der Waals surface area contributed by atoms with Gasteiger partial charge in [-0.2, -0.15) is 0 Å². The van der Waals surface area contributed by atoms with Crippen molar-refractivity contribution < 1.29 is 19.1 Å². The first kappa shape index (κ1) is 18.0. The number of esters is 1. The minimum atomic E-state index is -0.365. The molecule has 1 aliphatic heterocycles. The van der Waals surface area contributed by atoms with Crippen LogP contribution in [-0.4, -0.2) is 35.7 Å². The zero-order valence-corrected chi connectivity index (χ0v) is 13.7. The topological polar surface area (TPSA) is 55.8 Å². The summed E-state index contributed by atoms with van der Waals surface area (Å²) in [5, 5.41) is 0. The number of hydrogen-bond acceptors (Lipinski definition) is 4. The van der Waals surface area contributed by atoms with Gasteiger partial charge in [0.15, 0.2) is 0 Å². The maximum Gasteiger partial charge on any atom is 0.410 e. The predicted octanol–water partition coefficient (Wildman–Crippen LogP) is 3.38. The third-order valence-electron chi connectivity index (χ3n) is 3.31. The SMILES string of the molecule is CC.CC(=O)OC1C[C@@H](C)N(C(=O)OCc2ccccc2)C1. The van der Waals surface area contributed by atoms with E-state index < -0.39 is 0 Å². The molecule has 2 atom stereocenters. The lowest BCUT2D eigenvalue weighted by Gasteiger charge is -2.20. The Balaban J connectivity index is 0.00000116. The molecule has 1 heterocycles. The highest BCUT2D eigenvalue weighted by Gasteiger charge is 2.35. The molecule has 0 bridgehead atoms. The number of rotatable bonds is 3. The van der Waals surface area contributed by atoms with Gasteiger partial charge in [0.1, 0.15) is 12.7 Å². The lowest BCUT2D eigenvalue weighted by atomic mass is 10.2. The second-order valence-corrected chi connectivity index (χ2v) is 5.01. The van der Waals surface area contributed by atoms with Crippen LogP contribution in [0.15, 0.2) is 30.3 Å². The highest BCUT2D eigenvalue weighted by Crippen LogP contribution is 2.21. The smallest absolute Gasteiger partial charge is 0.410 e. The van der Waals surface area contributed by atoms with Crippen LogP contribution in [0.3, 0.4) is 0 Å². The van der Waals surface area contributed by atoms with E-state index in [1.165, 1.54) is 6.92 Å². The molecule has 1 aliphatic rings. The van der Waals surface area contributed by atoms with E-state index in [4.69, 9.17) is 9.47 Å². The summed E-state index contributed by atoms with van der Waals surface area (Å²) in [6, 6.07) is 9.54. The largest absolute Gasteiger partial charge is 0.461 e. The van der Waals surface area contributed by atoms with Crippen LogP contribution in [0.1, 0.15) is 39.7 Å². The van der Waals surface area contributed by atoms with Gasteiger partial charge >= 0.3 is 12.1 Å². The summed E-state index contributed by atoms with van der Waals surface area (Å²) in [7, 11) is 0. The standard InChI is InChI=1S/C15H19NO4.C2H6/c1-11-8-14(20-12(2)17)9-16(11)15(18)19-10-13-6-4-3-5-7-13;1-2/h3-7,11,14H,8-10H2,1-2H3;1-2H3/t11-,14?;/m1./s1. The molecule has 1 fully saturated rings. The minimum absolute atomic E-state index is 0.0163. The fraction of sp³-hybridized carbons (Fsp3) is 0.529. The second kappa shape index (κ2) is 9.07. The summed E-state index contributed by atoms with van der Waals surface area (Å²) in [5.74, 6) is -0.318. The number of amides is 1. The number of carbonyl (C=O) groups excluding carboxylic acids is 2. The normalized spacial score (nSPS) is 19.9. The van der Waals surface area contributed by atoms with E-state index in [1.807, 2.05) is 51.1 Å². The molecule has 1 saturated heterocycles. The van der Waals surface area contributed by atoms with Crippen LogP contribution < -0.4 is 0 Å². The van der Waals surface area contributed by atoms with Crippen molar-refractivity contribution in [1.29, 1.82) is 0 Å². The molecule has 0 saturated carbocycles. The number of nitrogens with zero attached hydrogens (tertiary/aromatic N) is 1. The summed E-state index contributed by atoms with van der Waals surface area (Å²) in [6.45, 7) is 7.95. The first-order valence-electron chi connectivity index (χ1n) is 7.71. The average molecular weight is 307 g/mol. The summed E-state index contributed by atoms with van der Waals surface area (Å²) in [5.41, 5.74) is 0.948. The second-order valence-electron chi connectivity index (χ2n) is 5.01. The molecule has 1 unspecified atom stereocenters. The Kier molecular flexibility index (Phi) is 7.43. The van der Waals surface area contributed by atoms with Gasteiger partial charge in [-0.05, 0) is 12.5 Å². The minimum Gasteiger partial charge on any atom is -0.461 e. The van der Waals surface area contributed by atoms with Gasteiger partial charge in [0, 0.05) is 19.4 Å². The van der Waals surface area contributed by atoms with E-state index in [-0.39, 0.29) is 30.8 Å². The fourth-order valence-corrected chi connectivity index (χ4v) is 2.36. The van der Waals surface area contributed by atoms with Crippen LogP contribution in [0.4, 0.5) is 4.79 Å². The van der Waals surface area contributed by atoms with E-state index in [0.717, 1.165) is 5.56 Å². The van der Waals surface area contributed by atoms with Crippen LogP contribution in [-0.2, 0) is 20.9 Å². The summed E-state index contributed by atoms with van der Waals surface area (Å²) in [6.07, 6.45) is 0.0581. The molecular formula is C17H25NO4. The third-order valence-corrected chi connectivity index (χ3v) is 3.31. The van der Waals surface area contributed by atoms with Crippen molar-refractivity contribution in [3.8, 4) is 0 Å². The number of ether oxygens (including phenoxy) is 2. The predicted molar refractivity (Wildman–Crippen MR) is 84.3 cm³/mol. The van der Waals surface area contributed by atoms with Gasteiger partial charge in [-0.3, -0.25) is 4.79 Å². The number of benzene rings is 1. The molecule has 0 aliphatic carbocycles. The highest BCUT2D eigenvalue weighted by atomic mass is 16.6. The molecule has 5 nitrogen and oxygen atoms in total. The Morgan fingerprint density at radius 1 is 1.23 bits per heavy atom. The number of hydrogen-bond donors (Lipinski definition) is 0. The maximum absolute atomic E-state index is 12.0. The molecule has 22 heavy (non-hydrogen) atoms. The van der Waals surface area contributed by atoms with Crippen LogP contribution in [0.2, 0.25) is 0 Å². The Hall–Kier alpha value is -2.04. The molecule has 0 spiro atoms. The Morgan fingerprint density at radius 3 is 2.45 bits per heavy atom. The van der Waals surface area contributed by atoms with E-state index >= 15 is 0 Å². The van der Waals surface area contributed by atoms with Crippen molar-refractivity contribution in [3.63, 3.8) is 0 Å². The van der Waals surface area contributed by atoms with Crippen molar-refractivity contribution in [3.05, 3.63) is 35.9 Å². The first-order chi connectivity index (χ1) is 10.6. The molecule has 0 aromatic heterocycles. The lowest BCUT2D eigenvalue weighted by Crippen LogP contribution is -2.35. The van der Waals surface area contributed by atoms with Gasteiger partial charge in [0.05, 0.1) is 6.54 Å². The van der Waals surface area contributed by atoms with Gasteiger partial charge in [-0.15, -0.1) is 0 Å². The van der Waals surface area contributed by atoms with Gasteiger partial charge in [-0.25, -0.2) is 4.79 Å². The zero-order chi connectivity index (χ0) is 16.5. The molecular weight excluding hydrogens is 282 g/mol. The first-order valence-corrected chi connectivity index (χ1v) is 7.71. The Morgan fingerprint density at radius 2 is 1.86 bits per heavy atom. The van der Waals surface area contributed by atoms with E-state index in [9.17, 15) is 9.59 Å². The van der Waals surface area contributed by atoms with Crippen LogP contribution in [0.5, 0.6) is 0 Å². The Bertz CT molecular complexity index is 475. The van der Waals surface area contributed by atoms with E-state index in [1.54, 1.807) is 4.90 Å². The summed E-state index contributed by atoms with van der Waals surface area (Å²) in [4.78, 5) is 24.6. The van der Waals surface area contributed by atoms with Gasteiger partial charge in [-0.1, -0.05) is 44.2 Å². The molecule has 5 heteroatoms. The third kappa shape index (κ3) is 5.39. The highest BCUT2D eigenvalue weighted by molar-refractivity contribution is 5.69. The average Bonchev–Trinajstić information content (AvgIpc) is 2.87. The molecule has 1 amide bonds. The van der Waals surface area contributed by atoms with E-state index in [0.29, 0.717) is 13.0 Å². The van der Waals surface area contributed by atoms with Crippen molar-refractivity contribution in [2.75, 3.05) is 6.54 Å². The van der Waals surface area contributed by atoms with Crippen molar-refractivity contribution in [2.24, 2.45) is 0 Å². The van der Waals surface area contributed by atoms with Crippen molar-refractivity contribution in [2.45, 2.75) is 52.9 Å². The van der Waals surface area contributed by atoms with Crippen LogP contribution in [0, 0.1) is 0 Å². The van der Waals surface area contributed by atoms with Crippen LogP contribution in [0.25, 0.3) is 0 Å². The molecule has 0 radical (unpaired) electrons. The van der Waals surface area contributed by atoms with Gasteiger partial charge in [0.25, 0.3) is 0 Å². The van der Waals surface area contributed by atoms with Gasteiger partial charge < -0.3 is 14.4 Å². The molecule has 1 aromatic rings. The fourth-order valence-electron chi connectivity index (χ4n) is 2.36. The van der Waals surface area contributed by atoms with Crippen molar-refractivity contribution >= 4 is 12.1 Å². The molecule has 1 aromatic carbocycles.